The van der Waals surface area contributed by atoms with Gasteiger partial charge in [-0.2, -0.15) is 0 Å². The molecule has 0 heterocycles. The minimum absolute atomic E-state index is 0.0437. The number of hydrogen-bond acceptors (Lipinski definition) is 4. The Hall–Kier alpha value is -2.57. The predicted octanol–water partition coefficient (Wildman–Crippen LogP) is 2.12. The van der Waals surface area contributed by atoms with Crippen LogP contribution >= 0.6 is 0 Å². The van der Waals surface area contributed by atoms with Gasteiger partial charge in [-0.1, -0.05) is 37.8 Å². The number of carbonyl (C=O) groups is 3. The molecule has 4 N–H and O–H groups in total. The molecule has 27 heavy (non-hydrogen) atoms. The van der Waals surface area contributed by atoms with E-state index in [-0.39, 0.29) is 37.0 Å². The molecule has 1 aliphatic carbocycles. The lowest BCUT2D eigenvalue weighted by molar-refractivity contribution is -0.141. The normalized spacial score (nSPS) is 16.1. The Kier molecular flexibility index (Phi) is 8.10. The number of amides is 2. The minimum Gasteiger partial charge on any atom is -0.508 e. The van der Waals surface area contributed by atoms with Crippen LogP contribution in [0.4, 0.5) is 0 Å². The van der Waals surface area contributed by atoms with Crippen LogP contribution in [0.3, 0.4) is 0 Å². The maximum Gasteiger partial charge on any atom is 0.326 e. The Bertz CT molecular complexity index is 636. The zero-order valence-corrected chi connectivity index (χ0v) is 15.4. The van der Waals surface area contributed by atoms with Crippen LogP contribution in [-0.4, -0.2) is 40.1 Å². The molecule has 0 aliphatic heterocycles. The van der Waals surface area contributed by atoms with E-state index in [1.54, 1.807) is 12.1 Å². The fourth-order valence-electron chi connectivity index (χ4n) is 3.28. The second-order valence-corrected chi connectivity index (χ2v) is 7.08. The van der Waals surface area contributed by atoms with Crippen molar-refractivity contribution < 1.29 is 24.6 Å². The zero-order chi connectivity index (χ0) is 19.6. The van der Waals surface area contributed by atoms with Crippen LogP contribution in [0.15, 0.2) is 24.3 Å². The minimum atomic E-state index is -1.14. The number of aromatic hydroxyl groups is 1. The third-order valence-corrected chi connectivity index (χ3v) is 4.81. The van der Waals surface area contributed by atoms with Crippen LogP contribution < -0.4 is 10.6 Å². The quantitative estimate of drug-likeness (QED) is 0.519. The Morgan fingerprint density at radius 2 is 1.56 bits per heavy atom. The number of aliphatic carboxylic acids is 1. The first kappa shape index (κ1) is 20.7. The molecule has 2 rings (SSSR count). The van der Waals surface area contributed by atoms with Gasteiger partial charge in [-0.05, 0) is 30.5 Å². The number of carbonyl (C=O) groups excluding carboxylic acids is 2. The van der Waals surface area contributed by atoms with Gasteiger partial charge in [0.15, 0.2) is 0 Å². The summed E-state index contributed by atoms with van der Waals surface area (Å²) in [6.07, 6.45) is 6.70. The Labute approximate surface area is 159 Å². The van der Waals surface area contributed by atoms with Crippen molar-refractivity contribution in [3.8, 4) is 5.75 Å². The molecule has 1 aliphatic rings. The van der Waals surface area contributed by atoms with E-state index >= 15 is 0 Å². The van der Waals surface area contributed by atoms with E-state index in [1.165, 1.54) is 25.0 Å². The number of carboxylic acids is 1. The summed E-state index contributed by atoms with van der Waals surface area (Å²) in [5.41, 5.74) is 0.687. The first-order valence-corrected chi connectivity index (χ1v) is 9.53. The van der Waals surface area contributed by atoms with E-state index in [1.807, 2.05) is 0 Å². The first-order chi connectivity index (χ1) is 12.9. The smallest absolute Gasteiger partial charge is 0.326 e. The van der Waals surface area contributed by atoms with Gasteiger partial charge in [0.25, 0.3) is 0 Å². The Balaban J connectivity index is 1.76. The van der Waals surface area contributed by atoms with Gasteiger partial charge in [-0.3, -0.25) is 9.59 Å². The summed E-state index contributed by atoms with van der Waals surface area (Å²) in [6, 6.07) is 5.26. The molecular weight excluding hydrogens is 348 g/mol. The van der Waals surface area contributed by atoms with E-state index in [0.29, 0.717) is 5.56 Å². The van der Waals surface area contributed by atoms with Gasteiger partial charge >= 0.3 is 5.97 Å². The van der Waals surface area contributed by atoms with E-state index in [0.717, 1.165) is 25.7 Å². The van der Waals surface area contributed by atoms with Gasteiger partial charge in [-0.15, -0.1) is 0 Å². The molecule has 0 unspecified atom stereocenters. The average molecular weight is 376 g/mol. The highest BCUT2D eigenvalue weighted by molar-refractivity contribution is 5.87. The molecule has 0 saturated heterocycles. The van der Waals surface area contributed by atoms with E-state index in [9.17, 15) is 24.6 Å². The van der Waals surface area contributed by atoms with Crippen LogP contribution in [0, 0.1) is 0 Å². The van der Waals surface area contributed by atoms with E-state index in [4.69, 9.17) is 0 Å². The molecule has 0 aromatic heterocycles. The SMILES string of the molecule is O=C(CCC(=O)N[C@@H](Cc1ccc(O)cc1)C(=O)O)NC1CCCCCC1. The largest absolute Gasteiger partial charge is 0.508 e. The number of phenols is 1. The molecule has 148 valence electrons. The van der Waals surface area contributed by atoms with Crippen LogP contribution in [0.5, 0.6) is 5.75 Å². The van der Waals surface area contributed by atoms with Gasteiger partial charge in [0.05, 0.1) is 0 Å². The van der Waals surface area contributed by atoms with Gasteiger partial charge in [0, 0.05) is 25.3 Å². The maximum absolute atomic E-state index is 12.1. The van der Waals surface area contributed by atoms with Crippen molar-refractivity contribution in [2.24, 2.45) is 0 Å². The summed E-state index contributed by atoms with van der Waals surface area (Å²) in [6.45, 7) is 0. The number of benzene rings is 1. The van der Waals surface area contributed by atoms with Crippen LogP contribution in [0.1, 0.15) is 56.9 Å². The lowest BCUT2D eigenvalue weighted by atomic mass is 10.1. The Morgan fingerprint density at radius 3 is 2.15 bits per heavy atom. The van der Waals surface area contributed by atoms with Gasteiger partial charge in [-0.25, -0.2) is 4.79 Å². The average Bonchev–Trinajstić information content (AvgIpc) is 2.90. The van der Waals surface area contributed by atoms with Crippen LogP contribution in [-0.2, 0) is 20.8 Å². The molecule has 7 nitrogen and oxygen atoms in total. The van der Waals surface area contributed by atoms with Crippen molar-refractivity contribution in [2.75, 3.05) is 0 Å². The summed E-state index contributed by atoms with van der Waals surface area (Å²) >= 11 is 0. The molecule has 2 amide bonds. The summed E-state index contributed by atoms with van der Waals surface area (Å²) in [4.78, 5) is 35.5. The molecule has 7 heteroatoms. The van der Waals surface area contributed by atoms with Crippen molar-refractivity contribution in [1.82, 2.24) is 10.6 Å². The molecule has 0 radical (unpaired) electrons. The monoisotopic (exact) mass is 376 g/mol. The van der Waals surface area contributed by atoms with Gasteiger partial charge in [0.2, 0.25) is 11.8 Å². The lowest BCUT2D eigenvalue weighted by Crippen LogP contribution is -2.43. The van der Waals surface area contributed by atoms with E-state index in [2.05, 4.69) is 10.6 Å². The number of rotatable bonds is 8. The van der Waals surface area contributed by atoms with Crippen molar-refractivity contribution >= 4 is 17.8 Å². The number of nitrogens with one attached hydrogen (secondary N) is 2. The molecule has 1 atom stereocenters. The number of carboxylic acid groups (broad SMARTS) is 1. The third kappa shape index (κ3) is 7.68. The molecule has 0 bridgehead atoms. The Morgan fingerprint density at radius 1 is 0.963 bits per heavy atom. The van der Waals surface area contributed by atoms with Crippen LogP contribution in [0.2, 0.25) is 0 Å². The molecular formula is C20H28N2O5. The second kappa shape index (κ2) is 10.5. The standard InChI is InChI=1S/C20H28N2O5/c23-16-9-7-14(8-10-16)13-17(20(26)27)22-19(25)12-11-18(24)21-15-5-3-1-2-4-6-15/h7-10,15,17,23H,1-6,11-13H2,(H,21,24)(H,22,25)(H,26,27)/t17-/m0/s1. The summed E-state index contributed by atoms with van der Waals surface area (Å²) < 4.78 is 0. The number of hydrogen-bond donors (Lipinski definition) is 4. The third-order valence-electron chi connectivity index (χ3n) is 4.81. The first-order valence-electron chi connectivity index (χ1n) is 9.53. The molecule has 1 aromatic carbocycles. The second-order valence-electron chi connectivity index (χ2n) is 7.08. The molecule has 0 spiro atoms. The van der Waals surface area contributed by atoms with Gasteiger partial charge in [0.1, 0.15) is 11.8 Å². The highest BCUT2D eigenvalue weighted by atomic mass is 16.4. The highest BCUT2D eigenvalue weighted by Crippen LogP contribution is 2.17. The van der Waals surface area contributed by atoms with Crippen molar-refractivity contribution in [2.45, 2.75) is 69.9 Å². The van der Waals surface area contributed by atoms with Crippen LogP contribution in [0.25, 0.3) is 0 Å². The molecule has 1 saturated carbocycles. The molecule has 1 fully saturated rings. The maximum atomic E-state index is 12.1. The fraction of sp³-hybridized carbons (Fsp3) is 0.550. The molecule has 1 aromatic rings. The highest BCUT2D eigenvalue weighted by Gasteiger charge is 2.21. The van der Waals surface area contributed by atoms with E-state index < -0.39 is 17.9 Å². The zero-order valence-electron chi connectivity index (χ0n) is 15.4. The fourth-order valence-corrected chi connectivity index (χ4v) is 3.28. The topological polar surface area (TPSA) is 116 Å². The van der Waals surface area contributed by atoms with Crippen molar-refractivity contribution in [3.63, 3.8) is 0 Å². The van der Waals surface area contributed by atoms with Gasteiger partial charge < -0.3 is 20.8 Å². The van der Waals surface area contributed by atoms with Crippen molar-refractivity contribution in [1.29, 1.82) is 0 Å². The predicted molar refractivity (Wildman–Crippen MR) is 100 cm³/mol. The summed E-state index contributed by atoms with van der Waals surface area (Å²) in [5, 5.41) is 24.0. The summed E-state index contributed by atoms with van der Waals surface area (Å²) in [5.74, 6) is -1.67. The lowest BCUT2D eigenvalue weighted by Gasteiger charge is -2.17. The summed E-state index contributed by atoms with van der Waals surface area (Å²) in [7, 11) is 0. The number of phenolic OH excluding ortho intramolecular Hbond substituents is 1. The van der Waals surface area contributed by atoms with Crippen molar-refractivity contribution in [3.05, 3.63) is 29.8 Å².